The maximum Gasteiger partial charge on any atom is 0.263 e. The summed E-state index contributed by atoms with van der Waals surface area (Å²) in [7, 11) is -3.77. The highest BCUT2D eigenvalue weighted by atomic mass is 32.2. The van der Waals surface area contributed by atoms with Crippen molar-refractivity contribution in [1.82, 2.24) is 9.97 Å². The first-order valence-corrected chi connectivity index (χ1v) is 9.51. The van der Waals surface area contributed by atoms with Gasteiger partial charge in [-0.15, -0.1) is 0 Å². The number of hydrogen-bond donors (Lipinski definition) is 1. The Morgan fingerprint density at radius 3 is 2.12 bits per heavy atom. The summed E-state index contributed by atoms with van der Waals surface area (Å²) in [5.41, 5.74) is 3.08. The van der Waals surface area contributed by atoms with Gasteiger partial charge in [0.05, 0.1) is 4.90 Å². The second kappa shape index (κ2) is 7.53. The van der Waals surface area contributed by atoms with E-state index in [0.717, 1.165) is 16.7 Å². The Balaban J connectivity index is 1.78. The van der Waals surface area contributed by atoms with Crippen molar-refractivity contribution >= 4 is 15.8 Å². The van der Waals surface area contributed by atoms with Crippen LogP contribution in [-0.2, 0) is 16.6 Å². The van der Waals surface area contributed by atoms with Gasteiger partial charge < -0.3 is 4.74 Å². The third kappa shape index (κ3) is 4.37. The summed E-state index contributed by atoms with van der Waals surface area (Å²) in [5.74, 6) is 0.184. The van der Waals surface area contributed by atoms with E-state index in [9.17, 15) is 8.42 Å². The average Bonchev–Trinajstić information content (AvgIpc) is 2.62. The van der Waals surface area contributed by atoms with E-state index in [1.807, 2.05) is 38.1 Å². The van der Waals surface area contributed by atoms with Gasteiger partial charge in [0.15, 0.2) is 0 Å². The zero-order valence-corrected chi connectivity index (χ0v) is 15.3. The van der Waals surface area contributed by atoms with Gasteiger partial charge >= 0.3 is 0 Å². The minimum Gasteiger partial charge on any atom is -0.470 e. The molecule has 7 heteroatoms. The average molecular weight is 369 g/mol. The summed E-state index contributed by atoms with van der Waals surface area (Å²) in [6.07, 6.45) is 2.86. The van der Waals surface area contributed by atoms with E-state index < -0.39 is 10.0 Å². The van der Waals surface area contributed by atoms with Crippen LogP contribution in [0.15, 0.2) is 65.8 Å². The van der Waals surface area contributed by atoms with Crippen molar-refractivity contribution in [2.75, 3.05) is 4.72 Å². The predicted molar refractivity (Wildman–Crippen MR) is 99.5 cm³/mol. The fourth-order valence-corrected chi connectivity index (χ4v) is 3.25. The van der Waals surface area contributed by atoms with Crippen molar-refractivity contribution < 1.29 is 13.2 Å². The highest BCUT2D eigenvalue weighted by molar-refractivity contribution is 7.92. The number of hydrogen-bond acceptors (Lipinski definition) is 5. The van der Waals surface area contributed by atoms with Crippen LogP contribution in [0.1, 0.15) is 16.7 Å². The Morgan fingerprint density at radius 1 is 0.885 bits per heavy atom. The molecule has 0 aliphatic rings. The van der Waals surface area contributed by atoms with E-state index in [4.69, 9.17) is 4.74 Å². The van der Waals surface area contributed by atoms with Gasteiger partial charge in [0.2, 0.25) is 5.82 Å². The highest BCUT2D eigenvalue weighted by Gasteiger charge is 2.18. The van der Waals surface area contributed by atoms with Crippen LogP contribution >= 0.6 is 0 Å². The fourth-order valence-electron chi connectivity index (χ4n) is 2.24. The van der Waals surface area contributed by atoms with Crippen molar-refractivity contribution in [1.29, 1.82) is 0 Å². The summed E-state index contributed by atoms with van der Waals surface area (Å²) >= 11 is 0. The molecule has 1 heterocycles. The fraction of sp³-hybridized carbons (Fsp3) is 0.158. The molecule has 0 aliphatic carbocycles. The van der Waals surface area contributed by atoms with Crippen LogP contribution in [0.5, 0.6) is 5.88 Å². The van der Waals surface area contributed by atoms with Gasteiger partial charge in [0.1, 0.15) is 6.61 Å². The molecule has 26 heavy (non-hydrogen) atoms. The van der Waals surface area contributed by atoms with Gasteiger partial charge in [-0.25, -0.2) is 18.4 Å². The quantitative estimate of drug-likeness (QED) is 0.719. The lowest BCUT2D eigenvalue weighted by Gasteiger charge is -2.12. The van der Waals surface area contributed by atoms with Gasteiger partial charge in [-0.05, 0) is 31.5 Å². The summed E-state index contributed by atoms with van der Waals surface area (Å²) in [4.78, 5) is 8.30. The summed E-state index contributed by atoms with van der Waals surface area (Å²) in [5, 5.41) is 0. The van der Waals surface area contributed by atoms with E-state index in [2.05, 4.69) is 14.7 Å². The normalized spacial score (nSPS) is 11.2. The standard InChI is InChI=1S/C19H19N3O3S/c1-14-3-7-16(8-4-14)13-25-19-18(20-11-12-21-19)22-26(23,24)17-9-5-15(2)6-10-17/h3-12H,13H2,1-2H3,(H,20,22). The number of nitrogens with one attached hydrogen (secondary N) is 1. The Morgan fingerprint density at radius 2 is 1.46 bits per heavy atom. The molecule has 0 aliphatic heterocycles. The molecule has 6 nitrogen and oxygen atoms in total. The maximum atomic E-state index is 12.5. The molecular weight excluding hydrogens is 350 g/mol. The van der Waals surface area contributed by atoms with Crippen LogP contribution in [0.3, 0.4) is 0 Å². The maximum absolute atomic E-state index is 12.5. The lowest BCUT2D eigenvalue weighted by Crippen LogP contribution is -2.15. The molecule has 2 aromatic carbocycles. The zero-order chi connectivity index (χ0) is 18.6. The molecule has 134 valence electrons. The highest BCUT2D eigenvalue weighted by Crippen LogP contribution is 2.23. The first-order chi connectivity index (χ1) is 12.4. The number of anilines is 1. The number of aromatic nitrogens is 2. The molecule has 0 spiro atoms. The Kier molecular flexibility index (Phi) is 5.18. The molecule has 0 unspecified atom stereocenters. The number of rotatable bonds is 6. The Hall–Kier alpha value is -2.93. The molecular formula is C19H19N3O3S. The molecule has 0 amide bonds. The van der Waals surface area contributed by atoms with E-state index in [0.29, 0.717) is 0 Å². The monoisotopic (exact) mass is 369 g/mol. The third-order valence-corrected chi connectivity index (χ3v) is 5.08. The van der Waals surface area contributed by atoms with Gasteiger partial charge in [-0.1, -0.05) is 47.5 Å². The van der Waals surface area contributed by atoms with Crippen LogP contribution in [0.25, 0.3) is 0 Å². The molecule has 0 fully saturated rings. The largest absolute Gasteiger partial charge is 0.470 e. The minimum absolute atomic E-state index is 0.0557. The van der Waals surface area contributed by atoms with E-state index in [1.54, 1.807) is 24.3 Å². The van der Waals surface area contributed by atoms with Gasteiger partial charge in [-0.2, -0.15) is 0 Å². The van der Waals surface area contributed by atoms with E-state index in [1.165, 1.54) is 12.4 Å². The van der Waals surface area contributed by atoms with Crippen LogP contribution < -0.4 is 9.46 Å². The number of ether oxygens (including phenoxy) is 1. The molecule has 0 saturated heterocycles. The molecule has 0 radical (unpaired) electrons. The lowest BCUT2D eigenvalue weighted by molar-refractivity contribution is 0.294. The predicted octanol–water partition coefficient (Wildman–Crippen LogP) is 3.47. The zero-order valence-electron chi connectivity index (χ0n) is 14.5. The van der Waals surface area contributed by atoms with Crippen LogP contribution in [0.4, 0.5) is 5.82 Å². The minimum atomic E-state index is -3.77. The first kappa shape index (κ1) is 17.9. The lowest BCUT2D eigenvalue weighted by atomic mass is 10.2. The van der Waals surface area contributed by atoms with Gasteiger partial charge in [-0.3, -0.25) is 4.72 Å². The number of nitrogens with zero attached hydrogens (tertiary/aromatic N) is 2. The number of aryl methyl sites for hydroxylation is 2. The SMILES string of the molecule is Cc1ccc(COc2nccnc2NS(=O)(=O)c2ccc(C)cc2)cc1. The number of benzene rings is 2. The second-order valence-corrected chi connectivity index (χ2v) is 7.59. The molecule has 0 atom stereocenters. The molecule has 3 rings (SSSR count). The summed E-state index contributed by atoms with van der Waals surface area (Å²) in [6, 6.07) is 14.4. The van der Waals surface area contributed by atoms with Crippen molar-refractivity contribution in [2.45, 2.75) is 25.3 Å². The Bertz CT molecular complexity index is 985. The van der Waals surface area contributed by atoms with Crippen molar-refractivity contribution in [2.24, 2.45) is 0 Å². The number of sulfonamides is 1. The van der Waals surface area contributed by atoms with Crippen LogP contribution in [0, 0.1) is 13.8 Å². The molecule has 3 aromatic rings. The molecule has 1 N–H and O–H groups in total. The molecule has 0 saturated carbocycles. The summed E-state index contributed by atoms with van der Waals surface area (Å²) < 4.78 is 33.2. The van der Waals surface area contributed by atoms with Crippen molar-refractivity contribution in [3.05, 3.63) is 77.6 Å². The van der Waals surface area contributed by atoms with Crippen LogP contribution in [0.2, 0.25) is 0 Å². The topological polar surface area (TPSA) is 81.2 Å². The van der Waals surface area contributed by atoms with E-state index >= 15 is 0 Å². The molecule has 0 bridgehead atoms. The molecule has 1 aromatic heterocycles. The summed E-state index contributed by atoms with van der Waals surface area (Å²) in [6.45, 7) is 4.16. The van der Waals surface area contributed by atoms with Crippen molar-refractivity contribution in [3.8, 4) is 5.88 Å². The van der Waals surface area contributed by atoms with E-state index in [-0.39, 0.29) is 23.2 Å². The third-order valence-electron chi connectivity index (χ3n) is 3.72. The second-order valence-electron chi connectivity index (χ2n) is 5.90. The van der Waals surface area contributed by atoms with Gasteiger partial charge in [0.25, 0.3) is 15.9 Å². The first-order valence-electron chi connectivity index (χ1n) is 8.03. The van der Waals surface area contributed by atoms with Crippen molar-refractivity contribution in [3.63, 3.8) is 0 Å². The smallest absolute Gasteiger partial charge is 0.263 e. The van der Waals surface area contributed by atoms with Crippen LogP contribution in [-0.4, -0.2) is 18.4 Å². The van der Waals surface area contributed by atoms with Gasteiger partial charge in [0, 0.05) is 12.4 Å². The Labute approximate surface area is 153 Å².